The molecule has 1 amide bonds. The van der Waals surface area contributed by atoms with Crippen LogP contribution in [0.25, 0.3) is 11.4 Å². The normalized spacial score (nSPS) is 16.3. The highest BCUT2D eigenvalue weighted by molar-refractivity contribution is 5.85. The molecule has 142 valence electrons. The third kappa shape index (κ3) is 4.73. The maximum atomic E-state index is 12.6. The number of aromatic nitrogens is 2. The van der Waals surface area contributed by atoms with E-state index in [2.05, 4.69) is 15.0 Å². The average molecular weight is 391 g/mol. The lowest BCUT2D eigenvalue weighted by molar-refractivity contribution is -0.137. The SMILES string of the molecule is Cl.NC(=O)C1CCN(Cc2nc(-c3ccc(C(F)(F)F)cc3)no2)CC1. The Hall–Kier alpha value is -2.13. The smallest absolute Gasteiger partial charge is 0.369 e. The molecule has 1 saturated heterocycles. The fourth-order valence-electron chi connectivity index (χ4n) is 2.81. The van der Waals surface area contributed by atoms with Crippen molar-refractivity contribution in [1.29, 1.82) is 0 Å². The molecule has 1 aliphatic rings. The largest absolute Gasteiger partial charge is 0.416 e. The second-order valence-corrected chi connectivity index (χ2v) is 6.04. The molecule has 1 aromatic heterocycles. The van der Waals surface area contributed by atoms with Crippen molar-refractivity contribution < 1.29 is 22.5 Å². The van der Waals surface area contributed by atoms with E-state index in [1.54, 1.807) is 0 Å². The van der Waals surface area contributed by atoms with E-state index in [1.165, 1.54) is 12.1 Å². The van der Waals surface area contributed by atoms with Crippen molar-refractivity contribution in [2.24, 2.45) is 11.7 Å². The summed E-state index contributed by atoms with van der Waals surface area (Å²) >= 11 is 0. The number of benzene rings is 1. The molecule has 0 atom stereocenters. The average Bonchev–Trinajstić information content (AvgIpc) is 3.03. The van der Waals surface area contributed by atoms with Crippen LogP contribution in [0.15, 0.2) is 28.8 Å². The van der Waals surface area contributed by atoms with Crippen LogP contribution in [0.5, 0.6) is 0 Å². The van der Waals surface area contributed by atoms with Crippen LogP contribution in [0.2, 0.25) is 0 Å². The Morgan fingerprint density at radius 1 is 1.23 bits per heavy atom. The number of hydrogen-bond acceptors (Lipinski definition) is 5. The number of nitrogens with zero attached hydrogens (tertiary/aromatic N) is 3. The van der Waals surface area contributed by atoms with E-state index in [0.29, 0.717) is 43.9 Å². The monoisotopic (exact) mass is 390 g/mol. The first kappa shape index (κ1) is 20.2. The van der Waals surface area contributed by atoms with Gasteiger partial charge < -0.3 is 10.3 Å². The van der Waals surface area contributed by atoms with Gasteiger partial charge in [0.1, 0.15) is 0 Å². The Bertz CT molecular complexity index is 741. The van der Waals surface area contributed by atoms with Gasteiger partial charge in [-0.3, -0.25) is 9.69 Å². The van der Waals surface area contributed by atoms with Crippen LogP contribution in [0.4, 0.5) is 13.2 Å². The van der Waals surface area contributed by atoms with E-state index in [4.69, 9.17) is 10.3 Å². The van der Waals surface area contributed by atoms with E-state index in [9.17, 15) is 18.0 Å². The first-order chi connectivity index (χ1) is 11.8. The van der Waals surface area contributed by atoms with Gasteiger partial charge >= 0.3 is 6.18 Å². The number of hydrogen-bond donors (Lipinski definition) is 1. The Kier molecular flexibility index (Phi) is 6.25. The lowest BCUT2D eigenvalue weighted by atomic mass is 9.96. The number of primary amides is 1. The van der Waals surface area contributed by atoms with Crippen LogP contribution < -0.4 is 5.73 Å². The zero-order valence-corrected chi connectivity index (χ0v) is 14.5. The quantitative estimate of drug-likeness (QED) is 0.867. The third-order valence-corrected chi connectivity index (χ3v) is 4.29. The van der Waals surface area contributed by atoms with Crippen molar-refractivity contribution in [3.8, 4) is 11.4 Å². The number of carbonyl (C=O) groups is 1. The number of alkyl halides is 3. The van der Waals surface area contributed by atoms with Crippen LogP contribution in [0, 0.1) is 5.92 Å². The molecular weight excluding hydrogens is 373 g/mol. The van der Waals surface area contributed by atoms with Crippen LogP contribution in [0.3, 0.4) is 0 Å². The number of halogens is 4. The van der Waals surface area contributed by atoms with E-state index in [0.717, 1.165) is 12.1 Å². The molecule has 26 heavy (non-hydrogen) atoms. The highest BCUT2D eigenvalue weighted by atomic mass is 35.5. The predicted octanol–water partition coefficient (Wildman–Crippen LogP) is 2.87. The fraction of sp³-hybridized carbons (Fsp3) is 0.438. The summed E-state index contributed by atoms with van der Waals surface area (Å²) in [6.07, 6.45) is -3.00. The van der Waals surface area contributed by atoms with Crippen molar-refractivity contribution >= 4 is 18.3 Å². The van der Waals surface area contributed by atoms with Gasteiger partial charge in [-0.2, -0.15) is 18.2 Å². The van der Waals surface area contributed by atoms with Gasteiger partial charge in [0.25, 0.3) is 0 Å². The lowest BCUT2D eigenvalue weighted by Gasteiger charge is -2.29. The topological polar surface area (TPSA) is 85.3 Å². The highest BCUT2D eigenvalue weighted by Crippen LogP contribution is 2.30. The summed E-state index contributed by atoms with van der Waals surface area (Å²) in [4.78, 5) is 17.5. The van der Waals surface area contributed by atoms with Crippen molar-refractivity contribution in [1.82, 2.24) is 15.0 Å². The molecule has 1 aliphatic heterocycles. The zero-order chi connectivity index (χ0) is 18.0. The van der Waals surface area contributed by atoms with Crippen LogP contribution >= 0.6 is 12.4 Å². The zero-order valence-electron chi connectivity index (χ0n) is 13.7. The molecule has 2 N–H and O–H groups in total. The Balaban J connectivity index is 0.00000243. The minimum Gasteiger partial charge on any atom is -0.369 e. The van der Waals surface area contributed by atoms with Crippen LogP contribution in [0.1, 0.15) is 24.3 Å². The molecule has 0 unspecified atom stereocenters. The van der Waals surface area contributed by atoms with Gasteiger partial charge in [0.2, 0.25) is 17.6 Å². The number of rotatable bonds is 4. The molecule has 10 heteroatoms. The molecule has 3 rings (SSSR count). The molecule has 2 heterocycles. The van der Waals surface area contributed by atoms with E-state index < -0.39 is 11.7 Å². The van der Waals surface area contributed by atoms with Gasteiger partial charge in [0.15, 0.2) is 0 Å². The number of likely N-dealkylation sites (tertiary alicyclic amines) is 1. The molecule has 0 saturated carbocycles. The standard InChI is InChI=1S/C16H17F3N4O2.ClH/c17-16(18,19)12-3-1-11(2-4-12)15-21-13(25-22-15)9-23-7-5-10(6-8-23)14(20)24;/h1-4,10H,5-9H2,(H2,20,24);1H. The minimum atomic E-state index is -4.38. The minimum absolute atomic E-state index is 0. The van der Waals surface area contributed by atoms with Gasteiger partial charge in [-0.15, -0.1) is 12.4 Å². The van der Waals surface area contributed by atoms with Crippen LogP contribution in [-0.4, -0.2) is 34.0 Å². The van der Waals surface area contributed by atoms with Gasteiger partial charge in [-0.25, -0.2) is 0 Å². The molecule has 0 spiro atoms. The number of nitrogens with two attached hydrogens (primary N) is 1. The lowest BCUT2D eigenvalue weighted by Crippen LogP contribution is -2.38. The highest BCUT2D eigenvalue weighted by Gasteiger charge is 2.30. The Labute approximate surface area is 153 Å². The summed E-state index contributed by atoms with van der Waals surface area (Å²) in [5.41, 5.74) is 5.03. The van der Waals surface area contributed by atoms with Crippen molar-refractivity contribution in [3.05, 3.63) is 35.7 Å². The first-order valence-corrected chi connectivity index (χ1v) is 7.85. The predicted molar refractivity (Wildman–Crippen MR) is 89.2 cm³/mol. The maximum absolute atomic E-state index is 12.6. The van der Waals surface area contributed by atoms with Gasteiger partial charge in [0, 0.05) is 11.5 Å². The second-order valence-electron chi connectivity index (χ2n) is 6.04. The summed E-state index contributed by atoms with van der Waals surface area (Å²) in [5, 5.41) is 3.82. The van der Waals surface area contributed by atoms with E-state index in [1.807, 2.05) is 0 Å². The van der Waals surface area contributed by atoms with Gasteiger partial charge in [-0.1, -0.05) is 17.3 Å². The fourth-order valence-corrected chi connectivity index (χ4v) is 2.81. The summed E-state index contributed by atoms with van der Waals surface area (Å²) in [5.74, 6) is 0.256. The van der Waals surface area contributed by atoms with Crippen molar-refractivity contribution in [2.45, 2.75) is 25.6 Å². The molecule has 6 nitrogen and oxygen atoms in total. The Morgan fingerprint density at radius 3 is 2.38 bits per heavy atom. The van der Waals surface area contributed by atoms with Crippen LogP contribution in [-0.2, 0) is 17.5 Å². The number of piperidine rings is 1. The summed E-state index contributed by atoms with van der Waals surface area (Å²) in [6, 6.07) is 4.60. The van der Waals surface area contributed by atoms with Crippen molar-refractivity contribution in [2.75, 3.05) is 13.1 Å². The first-order valence-electron chi connectivity index (χ1n) is 7.85. The second kappa shape index (κ2) is 8.05. The molecule has 2 aromatic rings. The van der Waals surface area contributed by atoms with Gasteiger partial charge in [-0.05, 0) is 38.1 Å². The molecule has 1 aromatic carbocycles. The summed E-state index contributed by atoms with van der Waals surface area (Å²) in [7, 11) is 0. The van der Waals surface area contributed by atoms with E-state index in [-0.39, 0.29) is 30.1 Å². The molecular formula is C16H18ClF3N4O2. The molecule has 0 aliphatic carbocycles. The third-order valence-electron chi connectivity index (χ3n) is 4.29. The summed E-state index contributed by atoms with van der Waals surface area (Å²) < 4.78 is 42.9. The van der Waals surface area contributed by atoms with Gasteiger partial charge in [0.05, 0.1) is 12.1 Å². The number of amides is 1. The van der Waals surface area contributed by atoms with E-state index >= 15 is 0 Å². The van der Waals surface area contributed by atoms with Crippen molar-refractivity contribution in [3.63, 3.8) is 0 Å². The number of carbonyl (C=O) groups excluding carboxylic acids is 1. The molecule has 1 fully saturated rings. The maximum Gasteiger partial charge on any atom is 0.416 e. The summed E-state index contributed by atoms with van der Waals surface area (Å²) in [6.45, 7) is 1.83. The Morgan fingerprint density at radius 2 is 1.85 bits per heavy atom. The molecule has 0 bridgehead atoms. The molecule has 0 radical (unpaired) electrons.